The van der Waals surface area contributed by atoms with Gasteiger partial charge in [-0.25, -0.2) is 9.67 Å². The number of piperazine rings is 1. The van der Waals surface area contributed by atoms with Crippen LogP contribution in [0.25, 0.3) is 28.1 Å². The van der Waals surface area contributed by atoms with Crippen LogP contribution in [0, 0.1) is 6.92 Å². The van der Waals surface area contributed by atoms with E-state index >= 15 is 0 Å². The molecule has 0 aliphatic carbocycles. The number of H-pyrrole nitrogens is 1. The average molecular weight is 432 g/mol. The second-order valence-electron chi connectivity index (χ2n) is 7.96. The van der Waals surface area contributed by atoms with Crippen molar-refractivity contribution in [2.75, 3.05) is 45.2 Å². The number of rotatable bonds is 4. The van der Waals surface area contributed by atoms with Gasteiger partial charge >= 0.3 is 0 Å². The number of likely N-dealkylation sites (N-methyl/N-ethyl adjacent to an activating group) is 1. The fourth-order valence-corrected chi connectivity index (χ4v) is 4.02. The van der Waals surface area contributed by atoms with Crippen LogP contribution in [0.4, 0.5) is 5.82 Å². The van der Waals surface area contributed by atoms with E-state index in [0.717, 1.165) is 37.7 Å². The summed E-state index contributed by atoms with van der Waals surface area (Å²) in [6.45, 7) is 5.64. The third kappa shape index (κ3) is 3.50. The zero-order chi connectivity index (χ0) is 22.2. The van der Waals surface area contributed by atoms with E-state index in [1.807, 2.05) is 49.4 Å². The molecule has 0 atom stereocenters. The molecule has 1 fully saturated rings. The highest BCUT2D eigenvalue weighted by Gasteiger charge is 2.21. The smallest absolute Gasteiger partial charge is 0.277 e. The van der Waals surface area contributed by atoms with Gasteiger partial charge in [0.1, 0.15) is 17.2 Å². The lowest BCUT2D eigenvalue weighted by atomic mass is 10.2. The topological polar surface area (TPSA) is 92.2 Å². The van der Waals surface area contributed by atoms with Crippen LogP contribution in [0.5, 0.6) is 5.88 Å². The van der Waals surface area contributed by atoms with E-state index in [4.69, 9.17) is 14.7 Å². The number of anilines is 1. The zero-order valence-electron chi connectivity index (χ0n) is 18.4. The number of aromatic nitrogens is 5. The molecule has 0 radical (unpaired) electrons. The lowest BCUT2D eigenvalue weighted by Gasteiger charge is -2.33. The predicted molar refractivity (Wildman–Crippen MR) is 124 cm³/mol. The monoisotopic (exact) mass is 431 g/mol. The minimum atomic E-state index is -0.264. The summed E-state index contributed by atoms with van der Waals surface area (Å²) >= 11 is 0. The highest BCUT2D eigenvalue weighted by molar-refractivity contribution is 5.81. The van der Waals surface area contributed by atoms with Crippen molar-refractivity contribution in [3.63, 3.8) is 0 Å². The Morgan fingerprint density at radius 2 is 1.75 bits per heavy atom. The van der Waals surface area contributed by atoms with Gasteiger partial charge in [-0.05, 0) is 38.2 Å². The van der Waals surface area contributed by atoms with Gasteiger partial charge in [0.25, 0.3) is 5.56 Å². The maximum atomic E-state index is 13.1. The van der Waals surface area contributed by atoms with Crippen LogP contribution >= 0.6 is 0 Å². The second-order valence-corrected chi connectivity index (χ2v) is 7.96. The van der Waals surface area contributed by atoms with Crippen molar-refractivity contribution in [1.82, 2.24) is 29.6 Å². The van der Waals surface area contributed by atoms with E-state index in [1.54, 1.807) is 11.8 Å². The summed E-state index contributed by atoms with van der Waals surface area (Å²) in [7, 11) is 3.70. The number of ether oxygens (including phenoxy) is 1. The first-order valence-electron chi connectivity index (χ1n) is 10.6. The van der Waals surface area contributed by atoms with Crippen molar-refractivity contribution >= 4 is 16.9 Å². The predicted octanol–water partition coefficient (Wildman–Crippen LogP) is 2.24. The summed E-state index contributed by atoms with van der Waals surface area (Å²) in [4.78, 5) is 30.0. The first-order valence-corrected chi connectivity index (χ1v) is 10.6. The largest absolute Gasteiger partial charge is 0.480 e. The number of pyridine rings is 1. The number of para-hydroxylation sites is 1. The molecule has 0 bridgehead atoms. The maximum Gasteiger partial charge on any atom is 0.277 e. The van der Waals surface area contributed by atoms with E-state index in [2.05, 4.69) is 26.9 Å². The molecule has 1 saturated heterocycles. The standard InChI is InChI=1S/C23H25N7O2/c1-15-19-20(30(27-15)16-7-5-4-6-8-16)22(31)26-21(25-19)17-9-10-18(24-23(17)32-3)29-13-11-28(2)12-14-29/h4-10H,11-14H2,1-3H3,(H,25,26,31). The average Bonchev–Trinajstić information content (AvgIpc) is 3.16. The Hall–Kier alpha value is -3.72. The molecule has 0 amide bonds. The van der Waals surface area contributed by atoms with Crippen LogP contribution in [-0.4, -0.2) is 70.0 Å². The van der Waals surface area contributed by atoms with E-state index < -0.39 is 0 Å². The number of nitrogens with one attached hydrogen (secondary N) is 1. The number of fused-ring (bicyclic) bond motifs is 1. The van der Waals surface area contributed by atoms with Crippen LogP contribution < -0.4 is 15.2 Å². The molecule has 0 saturated carbocycles. The third-order valence-electron chi connectivity index (χ3n) is 5.82. The molecule has 4 aromatic rings. The molecule has 1 N–H and O–H groups in total. The molecule has 9 heteroatoms. The van der Waals surface area contributed by atoms with Gasteiger partial charge in [0.15, 0.2) is 5.52 Å². The summed E-state index contributed by atoms with van der Waals surface area (Å²) in [6.07, 6.45) is 0. The van der Waals surface area contributed by atoms with Crippen LogP contribution in [0.15, 0.2) is 47.3 Å². The quantitative estimate of drug-likeness (QED) is 0.530. The number of hydrogen-bond acceptors (Lipinski definition) is 7. The van der Waals surface area contributed by atoms with Crippen molar-refractivity contribution in [2.45, 2.75) is 6.92 Å². The Balaban J connectivity index is 1.58. The van der Waals surface area contributed by atoms with Gasteiger partial charge in [-0.15, -0.1) is 0 Å². The van der Waals surface area contributed by atoms with Crippen molar-refractivity contribution in [3.05, 3.63) is 58.5 Å². The highest BCUT2D eigenvalue weighted by atomic mass is 16.5. The van der Waals surface area contributed by atoms with Gasteiger partial charge in [-0.2, -0.15) is 10.1 Å². The minimum absolute atomic E-state index is 0.264. The molecular formula is C23H25N7O2. The summed E-state index contributed by atoms with van der Waals surface area (Å²) in [5.41, 5.74) is 2.82. The fraction of sp³-hybridized carbons (Fsp3) is 0.304. The number of methoxy groups -OCH3 is 1. The van der Waals surface area contributed by atoms with E-state index in [0.29, 0.717) is 34.0 Å². The molecule has 1 aliphatic rings. The Bertz CT molecular complexity index is 1320. The first kappa shape index (κ1) is 20.2. The molecule has 164 valence electrons. The number of aromatic amines is 1. The van der Waals surface area contributed by atoms with Gasteiger partial charge in [-0.3, -0.25) is 4.79 Å². The number of aryl methyl sites for hydroxylation is 1. The first-order chi connectivity index (χ1) is 15.5. The molecule has 5 rings (SSSR count). The number of nitrogens with zero attached hydrogens (tertiary/aromatic N) is 6. The molecule has 4 heterocycles. The van der Waals surface area contributed by atoms with Gasteiger partial charge in [0.05, 0.1) is 24.1 Å². The van der Waals surface area contributed by atoms with Gasteiger partial charge in [0, 0.05) is 26.2 Å². The fourth-order valence-electron chi connectivity index (χ4n) is 4.02. The number of hydrogen-bond donors (Lipinski definition) is 1. The molecule has 0 unspecified atom stereocenters. The Morgan fingerprint density at radius 1 is 1.00 bits per heavy atom. The summed E-state index contributed by atoms with van der Waals surface area (Å²) < 4.78 is 7.21. The van der Waals surface area contributed by atoms with Gasteiger partial charge in [0.2, 0.25) is 5.88 Å². The molecule has 9 nitrogen and oxygen atoms in total. The van der Waals surface area contributed by atoms with Crippen LogP contribution in [0.1, 0.15) is 5.69 Å². The third-order valence-corrected chi connectivity index (χ3v) is 5.82. The lowest BCUT2D eigenvalue weighted by molar-refractivity contribution is 0.311. The molecule has 3 aromatic heterocycles. The van der Waals surface area contributed by atoms with Gasteiger partial charge in [-0.1, -0.05) is 18.2 Å². The normalized spacial score (nSPS) is 14.8. The van der Waals surface area contributed by atoms with Crippen molar-refractivity contribution < 1.29 is 4.74 Å². The van der Waals surface area contributed by atoms with Crippen molar-refractivity contribution in [3.8, 4) is 23.0 Å². The Labute approximate surface area is 185 Å². The SMILES string of the molecule is COc1nc(N2CCN(C)CC2)ccc1-c1nc2c(C)nn(-c3ccccc3)c2c(=O)[nH]1. The Kier molecular flexibility index (Phi) is 5.10. The lowest BCUT2D eigenvalue weighted by Crippen LogP contribution is -2.44. The highest BCUT2D eigenvalue weighted by Crippen LogP contribution is 2.29. The molecule has 1 aliphatic heterocycles. The zero-order valence-corrected chi connectivity index (χ0v) is 18.4. The summed E-state index contributed by atoms with van der Waals surface area (Å²) in [5, 5.41) is 4.56. The van der Waals surface area contributed by atoms with Crippen molar-refractivity contribution in [2.24, 2.45) is 0 Å². The van der Waals surface area contributed by atoms with E-state index in [-0.39, 0.29) is 5.56 Å². The van der Waals surface area contributed by atoms with Crippen LogP contribution in [0.2, 0.25) is 0 Å². The summed E-state index contributed by atoms with van der Waals surface area (Å²) in [6, 6.07) is 13.4. The maximum absolute atomic E-state index is 13.1. The van der Waals surface area contributed by atoms with E-state index in [9.17, 15) is 4.79 Å². The molecule has 0 spiro atoms. The van der Waals surface area contributed by atoms with Crippen molar-refractivity contribution in [1.29, 1.82) is 0 Å². The molecule has 32 heavy (non-hydrogen) atoms. The van der Waals surface area contributed by atoms with Crippen LogP contribution in [-0.2, 0) is 0 Å². The number of benzene rings is 1. The summed E-state index contributed by atoms with van der Waals surface area (Å²) in [5.74, 6) is 1.69. The molecular weight excluding hydrogens is 406 g/mol. The Morgan fingerprint density at radius 3 is 2.47 bits per heavy atom. The van der Waals surface area contributed by atoms with E-state index in [1.165, 1.54) is 0 Å². The minimum Gasteiger partial charge on any atom is -0.480 e. The van der Waals surface area contributed by atoms with Gasteiger partial charge < -0.3 is 19.5 Å². The molecule has 1 aromatic carbocycles. The second kappa shape index (κ2) is 8.08. The van der Waals surface area contributed by atoms with Crippen LogP contribution in [0.3, 0.4) is 0 Å².